The quantitative estimate of drug-likeness (QED) is 0.552. The van der Waals surface area contributed by atoms with Gasteiger partial charge < -0.3 is 19.5 Å². The average Bonchev–Trinajstić information content (AvgIpc) is 2.51. The molecule has 0 atom stereocenters. The number of rotatable bonds is 12. The van der Waals surface area contributed by atoms with Crippen LogP contribution in [-0.2, 0) is 14.2 Å². The van der Waals surface area contributed by atoms with E-state index in [4.69, 9.17) is 14.2 Å². The van der Waals surface area contributed by atoms with E-state index in [0.717, 1.165) is 72.0 Å². The second-order valence-corrected chi connectivity index (χ2v) is 6.05. The molecule has 0 radical (unpaired) electrons. The van der Waals surface area contributed by atoms with E-state index in [0.29, 0.717) is 5.41 Å². The van der Waals surface area contributed by atoms with Crippen LogP contribution in [0.15, 0.2) is 0 Å². The Bertz CT molecular complexity index is 238. The maximum atomic E-state index is 5.58. The Balaban J connectivity index is 2.56. The van der Waals surface area contributed by atoms with E-state index in [2.05, 4.69) is 17.1 Å². The molecule has 5 heteroatoms. The van der Waals surface area contributed by atoms with Crippen LogP contribution in [-0.4, -0.2) is 78.3 Å². The largest absolute Gasteiger partial charge is 0.383 e. The number of nitrogens with zero attached hydrogens (tertiary/aromatic N) is 1. The molecule has 0 bridgehead atoms. The molecular formula is C16H34N2O3. The Kier molecular flexibility index (Phi) is 10.2. The van der Waals surface area contributed by atoms with Crippen molar-refractivity contribution < 1.29 is 14.2 Å². The summed E-state index contributed by atoms with van der Waals surface area (Å²) in [7, 11) is 3.53. The molecule has 0 aliphatic carbocycles. The van der Waals surface area contributed by atoms with Crippen molar-refractivity contribution in [2.24, 2.45) is 5.41 Å². The van der Waals surface area contributed by atoms with E-state index in [1.165, 1.54) is 6.42 Å². The Morgan fingerprint density at radius 2 is 1.71 bits per heavy atom. The Labute approximate surface area is 130 Å². The summed E-state index contributed by atoms with van der Waals surface area (Å²) >= 11 is 0. The molecular weight excluding hydrogens is 268 g/mol. The highest BCUT2D eigenvalue weighted by molar-refractivity contribution is 4.87. The van der Waals surface area contributed by atoms with Crippen LogP contribution >= 0.6 is 0 Å². The van der Waals surface area contributed by atoms with Gasteiger partial charge in [0.05, 0.1) is 13.2 Å². The highest BCUT2D eigenvalue weighted by Crippen LogP contribution is 2.31. The van der Waals surface area contributed by atoms with Crippen LogP contribution in [0.25, 0.3) is 0 Å². The summed E-state index contributed by atoms with van der Waals surface area (Å²) in [6.45, 7) is 10.8. The number of nitrogens with one attached hydrogen (secondary N) is 1. The third-order valence-corrected chi connectivity index (χ3v) is 4.26. The molecule has 1 N–H and O–H groups in total. The highest BCUT2D eigenvalue weighted by Gasteiger charge is 2.34. The third-order valence-electron chi connectivity index (χ3n) is 4.26. The zero-order valence-electron chi connectivity index (χ0n) is 14.2. The third kappa shape index (κ3) is 7.56. The van der Waals surface area contributed by atoms with Gasteiger partial charge in [0.2, 0.25) is 0 Å². The zero-order chi connectivity index (χ0) is 15.4. The fourth-order valence-electron chi connectivity index (χ4n) is 2.91. The predicted octanol–water partition coefficient (Wildman–Crippen LogP) is 1.38. The molecule has 0 saturated carbocycles. The Hall–Kier alpha value is -0.200. The molecule has 0 unspecified atom stereocenters. The molecule has 1 saturated heterocycles. The first-order valence-corrected chi connectivity index (χ1v) is 8.25. The van der Waals surface area contributed by atoms with E-state index >= 15 is 0 Å². The van der Waals surface area contributed by atoms with Crippen LogP contribution < -0.4 is 5.32 Å². The van der Waals surface area contributed by atoms with E-state index < -0.39 is 0 Å². The van der Waals surface area contributed by atoms with Crippen molar-refractivity contribution in [1.82, 2.24) is 10.2 Å². The fraction of sp³-hybridized carbons (Fsp3) is 1.00. The lowest BCUT2D eigenvalue weighted by molar-refractivity contribution is -0.0111. The minimum Gasteiger partial charge on any atom is -0.383 e. The topological polar surface area (TPSA) is 43.0 Å². The van der Waals surface area contributed by atoms with Crippen LogP contribution in [0.3, 0.4) is 0 Å². The van der Waals surface area contributed by atoms with Crippen molar-refractivity contribution in [2.45, 2.75) is 26.2 Å². The molecule has 1 aliphatic rings. The monoisotopic (exact) mass is 302 g/mol. The van der Waals surface area contributed by atoms with Gasteiger partial charge in [0.1, 0.15) is 0 Å². The van der Waals surface area contributed by atoms with E-state index in [1.54, 1.807) is 14.2 Å². The smallest absolute Gasteiger partial charge is 0.0589 e. The molecule has 1 aliphatic heterocycles. The highest BCUT2D eigenvalue weighted by atomic mass is 16.5. The summed E-state index contributed by atoms with van der Waals surface area (Å²) in [5.74, 6) is 0. The average molecular weight is 302 g/mol. The van der Waals surface area contributed by atoms with Gasteiger partial charge in [0, 0.05) is 53.6 Å². The first kappa shape index (κ1) is 18.8. The SMILES string of the molecule is CCCNCC1(CN(CCOC)CCOC)CCOCC1. The summed E-state index contributed by atoms with van der Waals surface area (Å²) in [5, 5.41) is 3.62. The Morgan fingerprint density at radius 1 is 1.10 bits per heavy atom. The molecule has 21 heavy (non-hydrogen) atoms. The van der Waals surface area contributed by atoms with E-state index in [9.17, 15) is 0 Å². The normalized spacial score (nSPS) is 18.3. The molecule has 0 amide bonds. The predicted molar refractivity (Wildman–Crippen MR) is 85.8 cm³/mol. The van der Waals surface area contributed by atoms with Gasteiger partial charge in [-0.3, -0.25) is 4.90 Å². The lowest BCUT2D eigenvalue weighted by atomic mass is 9.79. The minimum absolute atomic E-state index is 0.328. The van der Waals surface area contributed by atoms with Crippen LogP contribution in [0.5, 0.6) is 0 Å². The molecule has 0 aromatic heterocycles. The number of methoxy groups -OCH3 is 2. The van der Waals surface area contributed by atoms with Gasteiger partial charge in [-0.05, 0) is 31.2 Å². The molecule has 0 spiro atoms. The fourth-order valence-corrected chi connectivity index (χ4v) is 2.91. The molecule has 5 nitrogen and oxygen atoms in total. The van der Waals surface area contributed by atoms with Crippen LogP contribution in [0, 0.1) is 5.41 Å². The summed E-state index contributed by atoms with van der Waals surface area (Å²) in [5.41, 5.74) is 0.328. The number of ether oxygens (including phenoxy) is 3. The molecule has 1 fully saturated rings. The van der Waals surface area contributed by atoms with Gasteiger partial charge in [-0.1, -0.05) is 6.92 Å². The summed E-state index contributed by atoms with van der Waals surface area (Å²) in [4.78, 5) is 2.48. The maximum absolute atomic E-state index is 5.58. The second kappa shape index (κ2) is 11.4. The lowest BCUT2D eigenvalue weighted by Crippen LogP contribution is -2.48. The van der Waals surface area contributed by atoms with E-state index in [-0.39, 0.29) is 0 Å². The molecule has 0 aromatic rings. The van der Waals surface area contributed by atoms with Crippen molar-refractivity contribution in [2.75, 3.05) is 73.4 Å². The van der Waals surface area contributed by atoms with Gasteiger partial charge in [-0.25, -0.2) is 0 Å². The second-order valence-electron chi connectivity index (χ2n) is 6.05. The standard InChI is InChI=1S/C16H34N2O3/c1-4-7-17-14-16(5-10-21-11-6-16)15-18(8-12-19-2)9-13-20-3/h17H,4-15H2,1-3H3. The minimum atomic E-state index is 0.328. The van der Waals surface area contributed by atoms with Gasteiger partial charge in [0.15, 0.2) is 0 Å². The maximum Gasteiger partial charge on any atom is 0.0589 e. The summed E-state index contributed by atoms with van der Waals surface area (Å²) < 4.78 is 16.1. The van der Waals surface area contributed by atoms with Gasteiger partial charge in [0.25, 0.3) is 0 Å². The van der Waals surface area contributed by atoms with Gasteiger partial charge in [-0.15, -0.1) is 0 Å². The van der Waals surface area contributed by atoms with Crippen molar-refractivity contribution in [3.63, 3.8) is 0 Å². The molecule has 126 valence electrons. The van der Waals surface area contributed by atoms with E-state index in [1.807, 2.05) is 0 Å². The van der Waals surface area contributed by atoms with Crippen molar-refractivity contribution in [1.29, 1.82) is 0 Å². The van der Waals surface area contributed by atoms with Crippen molar-refractivity contribution in [3.8, 4) is 0 Å². The van der Waals surface area contributed by atoms with Gasteiger partial charge >= 0.3 is 0 Å². The molecule has 1 rings (SSSR count). The first-order valence-electron chi connectivity index (χ1n) is 8.25. The van der Waals surface area contributed by atoms with Crippen LogP contribution in [0.2, 0.25) is 0 Å². The number of hydrogen-bond donors (Lipinski definition) is 1. The van der Waals surface area contributed by atoms with Gasteiger partial charge in [-0.2, -0.15) is 0 Å². The van der Waals surface area contributed by atoms with Crippen LogP contribution in [0.4, 0.5) is 0 Å². The summed E-state index contributed by atoms with van der Waals surface area (Å²) in [6.07, 6.45) is 3.46. The van der Waals surface area contributed by atoms with Crippen molar-refractivity contribution in [3.05, 3.63) is 0 Å². The van der Waals surface area contributed by atoms with Crippen LogP contribution in [0.1, 0.15) is 26.2 Å². The molecule has 0 aromatic carbocycles. The zero-order valence-corrected chi connectivity index (χ0v) is 14.2. The number of hydrogen-bond acceptors (Lipinski definition) is 5. The lowest BCUT2D eigenvalue weighted by Gasteiger charge is -2.41. The summed E-state index contributed by atoms with van der Waals surface area (Å²) in [6, 6.07) is 0. The molecule has 1 heterocycles. The van der Waals surface area contributed by atoms with Crippen molar-refractivity contribution >= 4 is 0 Å². The Morgan fingerprint density at radius 3 is 2.24 bits per heavy atom. The first-order chi connectivity index (χ1) is 10.3.